The second-order valence-corrected chi connectivity index (χ2v) is 10.4. The lowest BCUT2D eigenvalue weighted by atomic mass is 10.1. The number of hydrogen-bond donors (Lipinski definition) is 0. The van der Waals surface area contributed by atoms with Crippen molar-refractivity contribution < 1.29 is 22.7 Å². The first-order valence-corrected chi connectivity index (χ1v) is 12.6. The standard InChI is InChI=1S/C22H26ClN3O5S/c1-32(28,29)26(14-18-4-2-3-5-19(18)23)15-22(27)25-10-8-24(9-11-25)13-17-6-7-20-21(12-17)31-16-30-20/h2-7,12H,8-11,13-16H2,1H3. The average molecular weight is 480 g/mol. The summed E-state index contributed by atoms with van der Waals surface area (Å²) < 4.78 is 36.5. The average Bonchev–Trinajstić information content (AvgIpc) is 3.22. The van der Waals surface area contributed by atoms with Gasteiger partial charge in [0.15, 0.2) is 11.5 Å². The van der Waals surface area contributed by atoms with Gasteiger partial charge in [0, 0.05) is 44.3 Å². The molecule has 172 valence electrons. The minimum absolute atomic E-state index is 0.0638. The zero-order valence-corrected chi connectivity index (χ0v) is 19.4. The third-order valence-corrected chi connectivity index (χ3v) is 7.22. The molecular weight excluding hydrogens is 454 g/mol. The molecule has 32 heavy (non-hydrogen) atoms. The number of ether oxygens (including phenoxy) is 2. The van der Waals surface area contributed by atoms with Crippen molar-refractivity contribution in [3.8, 4) is 11.5 Å². The van der Waals surface area contributed by atoms with Gasteiger partial charge < -0.3 is 14.4 Å². The molecule has 0 N–H and O–H groups in total. The number of benzene rings is 2. The van der Waals surface area contributed by atoms with Gasteiger partial charge in [-0.3, -0.25) is 9.69 Å². The van der Waals surface area contributed by atoms with E-state index in [-0.39, 0.29) is 25.8 Å². The number of rotatable bonds is 7. The lowest BCUT2D eigenvalue weighted by molar-refractivity contribution is -0.133. The molecule has 0 radical (unpaired) electrons. The summed E-state index contributed by atoms with van der Waals surface area (Å²) in [5, 5.41) is 0.478. The van der Waals surface area contributed by atoms with Gasteiger partial charge >= 0.3 is 0 Å². The topological polar surface area (TPSA) is 79.4 Å². The zero-order chi connectivity index (χ0) is 22.7. The van der Waals surface area contributed by atoms with E-state index in [1.165, 1.54) is 4.31 Å². The number of hydrogen-bond acceptors (Lipinski definition) is 6. The molecule has 2 aliphatic rings. The summed E-state index contributed by atoms with van der Waals surface area (Å²) >= 11 is 6.18. The molecule has 2 aromatic rings. The van der Waals surface area contributed by atoms with E-state index < -0.39 is 10.0 Å². The Kier molecular flexibility index (Phi) is 6.90. The highest BCUT2D eigenvalue weighted by Gasteiger charge is 2.27. The van der Waals surface area contributed by atoms with Gasteiger partial charge in [0.05, 0.1) is 12.8 Å². The van der Waals surface area contributed by atoms with Gasteiger partial charge in [-0.2, -0.15) is 4.31 Å². The van der Waals surface area contributed by atoms with Gasteiger partial charge in [-0.1, -0.05) is 35.9 Å². The van der Waals surface area contributed by atoms with E-state index in [0.29, 0.717) is 36.8 Å². The van der Waals surface area contributed by atoms with Crippen molar-refractivity contribution >= 4 is 27.5 Å². The molecule has 1 amide bonds. The highest BCUT2D eigenvalue weighted by atomic mass is 35.5. The molecule has 0 spiro atoms. The SMILES string of the molecule is CS(=O)(=O)N(CC(=O)N1CCN(Cc2ccc3c(c2)OCO3)CC1)Cc1ccccc1Cl. The third kappa shape index (κ3) is 5.53. The minimum Gasteiger partial charge on any atom is -0.454 e. The van der Waals surface area contributed by atoms with Gasteiger partial charge in [0.25, 0.3) is 0 Å². The molecule has 10 heteroatoms. The summed E-state index contributed by atoms with van der Waals surface area (Å²) in [5.74, 6) is 1.32. The molecule has 2 aliphatic heterocycles. The zero-order valence-electron chi connectivity index (χ0n) is 17.9. The fraction of sp³-hybridized carbons (Fsp3) is 0.409. The van der Waals surface area contributed by atoms with E-state index >= 15 is 0 Å². The predicted octanol–water partition coefficient (Wildman–Crippen LogP) is 2.17. The number of fused-ring (bicyclic) bond motifs is 1. The lowest BCUT2D eigenvalue weighted by Crippen LogP contribution is -2.51. The maximum absolute atomic E-state index is 12.9. The molecular formula is C22H26ClN3O5S. The van der Waals surface area contributed by atoms with Crippen LogP contribution in [0.25, 0.3) is 0 Å². The van der Waals surface area contributed by atoms with Gasteiger partial charge in [0.2, 0.25) is 22.7 Å². The van der Waals surface area contributed by atoms with Crippen LogP contribution in [0.3, 0.4) is 0 Å². The lowest BCUT2D eigenvalue weighted by Gasteiger charge is -2.35. The van der Waals surface area contributed by atoms with Crippen molar-refractivity contribution in [1.82, 2.24) is 14.1 Å². The Hall–Kier alpha value is -2.33. The molecule has 0 unspecified atom stereocenters. The number of nitrogens with zero attached hydrogens (tertiary/aromatic N) is 3. The second kappa shape index (κ2) is 9.66. The molecule has 0 aliphatic carbocycles. The van der Waals surface area contributed by atoms with E-state index in [4.69, 9.17) is 21.1 Å². The third-order valence-electron chi connectivity index (χ3n) is 5.65. The van der Waals surface area contributed by atoms with Crippen LogP contribution in [-0.2, 0) is 27.9 Å². The molecule has 4 rings (SSSR count). The number of amides is 1. The Morgan fingerprint density at radius 1 is 1.06 bits per heavy atom. The van der Waals surface area contributed by atoms with Gasteiger partial charge in [-0.15, -0.1) is 0 Å². The van der Waals surface area contributed by atoms with Crippen molar-refractivity contribution in [3.63, 3.8) is 0 Å². The maximum Gasteiger partial charge on any atom is 0.237 e. The molecule has 2 aromatic carbocycles. The fourth-order valence-electron chi connectivity index (χ4n) is 3.81. The van der Waals surface area contributed by atoms with Crippen molar-refractivity contribution in [2.24, 2.45) is 0 Å². The largest absolute Gasteiger partial charge is 0.454 e. The predicted molar refractivity (Wildman–Crippen MR) is 121 cm³/mol. The second-order valence-electron chi connectivity index (χ2n) is 7.97. The van der Waals surface area contributed by atoms with Crippen molar-refractivity contribution in [2.75, 3.05) is 45.8 Å². The molecule has 1 fully saturated rings. The van der Waals surface area contributed by atoms with E-state index in [0.717, 1.165) is 29.9 Å². The normalized spacial score (nSPS) is 16.5. The molecule has 0 bridgehead atoms. The van der Waals surface area contributed by atoms with E-state index in [9.17, 15) is 13.2 Å². The molecule has 8 nitrogen and oxygen atoms in total. The first-order chi connectivity index (χ1) is 15.3. The summed E-state index contributed by atoms with van der Waals surface area (Å²) in [6.07, 6.45) is 1.11. The summed E-state index contributed by atoms with van der Waals surface area (Å²) in [6.45, 7) is 3.38. The molecule has 0 atom stereocenters. The van der Waals surface area contributed by atoms with Crippen LogP contribution >= 0.6 is 11.6 Å². The fourth-order valence-corrected chi connectivity index (χ4v) is 4.72. The monoisotopic (exact) mass is 479 g/mol. The highest BCUT2D eigenvalue weighted by Crippen LogP contribution is 2.32. The first-order valence-electron chi connectivity index (χ1n) is 10.4. The van der Waals surface area contributed by atoms with Crippen LogP contribution in [0.15, 0.2) is 42.5 Å². The van der Waals surface area contributed by atoms with E-state index in [1.54, 1.807) is 29.2 Å². The van der Waals surface area contributed by atoms with Crippen LogP contribution in [0, 0.1) is 0 Å². The number of piperazine rings is 1. The quantitative estimate of drug-likeness (QED) is 0.605. The van der Waals surface area contributed by atoms with E-state index in [1.807, 2.05) is 18.2 Å². The number of carbonyl (C=O) groups excluding carboxylic acids is 1. The van der Waals surface area contributed by atoms with Crippen LogP contribution < -0.4 is 9.47 Å². The molecule has 0 saturated carbocycles. The van der Waals surface area contributed by atoms with Gasteiger partial charge in [-0.25, -0.2) is 8.42 Å². The Balaban J connectivity index is 1.32. The summed E-state index contributed by atoms with van der Waals surface area (Å²) in [7, 11) is -3.58. The number of carbonyl (C=O) groups is 1. The summed E-state index contributed by atoms with van der Waals surface area (Å²) in [5.41, 5.74) is 1.79. The summed E-state index contributed by atoms with van der Waals surface area (Å²) in [4.78, 5) is 16.8. The van der Waals surface area contributed by atoms with Crippen LogP contribution in [0.2, 0.25) is 5.02 Å². The Bertz CT molecular complexity index is 1090. The first kappa shape index (κ1) is 22.8. The molecule has 2 heterocycles. The van der Waals surface area contributed by atoms with Crippen molar-refractivity contribution in [1.29, 1.82) is 0 Å². The van der Waals surface area contributed by atoms with Crippen LogP contribution in [0.1, 0.15) is 11.1 Å². The van der Waals surface area contributed by atoms with E-state index in [2.05, 4.69) is 4.90 Å². The smallest absolute Gasteiger partial charge is 0.237 e. The minimum atomic E-state index is -3.58. The molecule has 0 aromatic heterocycles. The van der Waals surface area contributed by atoms with Crippen LogP contribution in [0.5, 0.6) is 11.5 Å². The van der Waals surface area contributed by atoms with Crippen molar-refractivity contribution in [2.45, 2.75) is 13.1 Å². The summed E-state index contributed by atoms with van der Waals surface area (Å²) in [6, 6.07) is 13.0. The Morgan fingerprint density at radius 2 is 1.78 bits per heavy atom. The van der Waals surface area contributed by atoms with Crippen LogP contribution in [0.4, 0.5) is 0 Å². The van der Waals surface area contributed by atoms with Crippen molar-refractivity contribution in [3.05, 3.63) is 58.6 Å². The highest BCUT2D eigenvalue weighted by molar-refractivity contribution is 7.88. The Labute approximate surface area is 193 Å². The van der Waals surface area contributed by atoms with Gasteiger partial charge in [0.1, 0.15) is 0 Å². The maximum atomic E-state index is 12.9. The van der Waals surface area contributed by atoms with Gasteiger partial charge in [-0.05, 0) is 29.3 Å². The molecule has 1 saturated heterocycles. The number of sulfonamides is 1. The number of halogens is 1. The van der Waals surface area contributed by atoms with Crippen LogP contribution in [-0.4, -0.2) is 74.2 Å². The Morgan fingerprint density at radius 3 is 2.50 bits per heavy atom.